The van der Waals surface area contributed by atoms with Gasteiger partial charge in [0.05, 0.1) is 12.8 Å². The lowest BCUT2D eigenvalue weighted by Crippen LogP contribution is -2.44. The van der Waals surface area contributed by atoms with E-state index in [1.807, 2.05) is 43.3 Å². The molecular weight excluding hydrogens is 270 g/mol. The van der Waals surface area contributed by atoms with Gasteiger partial charge in [0.15, 0.2) is 0 Å². The Morgan fingerprint density at radius 2 is 1.95 bits per heavy atom. The minimum absolute atomic E-state index is 0.294. The van der Waals surface area contributed by atoms with Gasteiger partial charge in [-0.1, -0.05) is 26.0 Å². The molecule has 0 fully saturated rings. The SMILES string of the molecule is CN(C)c1ccc(/C=N/NC(=O)C(O)C(C)(C)CO)cc1. The molecule has 1 rings (SSSR count). The largest absolute Gasteiger partial charge is 0.396 e. The Morgan fingerprint density at radius 1 is 1.38 bits per heavy atom. The standard InChI is InChI=1S/C15H23N3O3/c1-15(2,10-19)13(20)14(21)17-16-9-11-5-7-12(8-6-11)18(3)4/h5-9,13,19-20H,10H2,1-4H3,(H,17,21)/b16-9+. The number of nitrogens with zero attached hydrogens (tertiary/aromatic N) is 2. The summed E-state index contributed by atoms with van der Waals surface area (Å²) in [6.07, 6.45) is 0.173. The van der Waals surface area contributed by atoms with E-state index in [9.17, 15) is 9.90 Å². The molecule has 0 aliphatic rings. The summed E-state index contributed by atoms with van der Waals surface area (Å²) in [4.78, 5) is 13.7. The summed E-state index contributed by atoms with van der Waals surface area (Å²) in [6, 6.07) is 7.62. The van der Waals surface area contributed by atoms with Crippen molar-refractivity contribution in [2.75, 3.05) is 25.6 Å². The van der Waals surface area contributed by atoms with E-state index in [1.165, 1.54) is 6.21 Å². The van der Waals surface area contributed by atoms with Crippen LogP contribution in [0.25, 0.3) is 0 Å². The maximum atomic E-state index is 11.7. The van der Waals surface area contributed by atoms with Crippen LogP contribution < -0.4 is 10.3 Å². The van der Waals surface area contributed by atoms with Crippen LogP contribution in [-0.2, 0) is 4.79 Å². The first-order chi connectivity index (χ1) is 9.77. The van der Waals surface area contributed by atoms with Gasteiger partial charge in [-0.05, 0) is 17.7 Å². The van der Waals surface area contributed by atoms with E-state index < -0.39 is 17.4 Å². The second-order valence-corrected chi connectivity index (χ2v) is 5.77. The first-order valence-electron chi connectivity index (χ1n) is 6.67. The van der Waals surface area contributed by atoms with Gasteiger partial charge in [0.25, 0.3) is 5.91 Å². The zero-order valence-corrected chi connectivity index (χ0v) is 12.9. The fraction of sp³-hybridized carbons (Fsp3) is 0.467. The van der Waals surface area contributed by atoms with Crippen LogP contribution in [0.4, 0.5) is 5.69 Å². The molecule has 0 aromatic heterocycles. The maximum absolute atomic E-state index is 11.7. The number of aliphatic hydroxyl groups excluding tert-OH is 2. The number of benzene rings is 1. The lowest BCUT2D eigenvalue weighted by Gasteiger charge is -2.26. The van der Waals surface area contributed by atoms with Crippen LogP contribution in [0.2, 0.25) is 0 Å². The molecule has 1 amide bonds. The topological polar surface area (TPSA) is 85.2 Å². The van der Waals surface area contributed by atoms with Crippen LogP contribution >= 0.6 is 0 Å². The van der Waals surface area contributed by atoms with Crippen molar-refractivity contribution in [1.82, 2.24) is 5.43 Å². The summed E-state index contributed by atoms with van der Waals surface area (Å²) >= 11 is 0. The first-order valence-corrected chi connectivity index (χ1v) is 6.67. The third kappa shape index (κ3) is 4.84. The fourth-order valence-corrected chi connectivity index (χ4v) is 1.53. The summed E-state index contributed by atoms with van der Waals surface area (Å²) in [5.41, 5.74) is 3.25. The number of amides is 1. The van der Waals surface area contributed by atoms with Gasteiger partial charge in [-0.2, -0.15) is 5.10 Å². The summed E-state index contributed by atoms with van der Waals surface area (Å²) in [5, 5.41) is 22.7. The average molecular weight is 293 g/mol. The van der Waals surface area contributed by atoms with Gasteiger partial charge in [0.2, 0.25) is 0 Å². The zero-order valence-electron chi connectivity index (χ0n) is 12.9. The molecule has 0 heterocycles. The molecule has 3 N–H and O–H groups in total. The highest BCUT2D eigenvalue weighted by atomic mass is 16.3. The van der Waals surface area contributed by atoms with E-state index in [0.29, 0.717) is 0 Å². The molecule has 116 valence electrons. The van der Waals surface area contributed by atoms with Gasteiger partial charge >= 0.3 is 0 Å². The van der Waals surface area contributed by atoms with Crippen LogP contribution in [0.1, 0.15) is 19.4 Å². The molecule has 0 aliphatic carbocycles. The Morgan fingerprint density at radius 3 is 2.43 bits per heavy atom. The fourth-order valence-electron chi connectivity index (χ4n) is 1.53. The van der Waals surface area contributed by atoms with Crippen LogP contribution in [0.5, 0.6) is 0 Å². The number of carbonyl (C=O) groups excluding carboxylic acids is 1. The van der Waals surface area contributed by atoms with E-state index in [4.69, 9.17) is 5.11 Å². The van der Waals surface area contributed by atoms with Crippen molar-refractivity contribution in [2.24, 2.45) is 10.5 Å². The molecule has 6 heteroatoms. The third-order valence-electron chi connectivity index (χ3n) is 3.19. The Bertz CT molecular complexity index is 495. The van der Waals surface area contributed by atoms with E-state index in [2.05, 4.69) is 10.5 Å². The quantitative estimate of drug-likeness (QED) is 0.529. The van der Waals surface area contributed by atoms with Crippen LogP contribution in [0, 0.1) is 5.41 Å². The number of hydrazone groups is 1. The number of hydrogen-bond donors (Lipinski definition) is 3. The van der Waals surface area contributed by atoms with Crippen molar-refractivity contribution < 1.29 is 15.0 Å². The van der Waals surface area contributed by atoms with Crippen molar-refractivity contribution in [1.29, 1.82) is 0 Å². The number of hydrogen-bond acceptors (Lipinski definition) is 5. The summed E-state index contributed by atoms with van der Waals surface area (Å²) in [6.45, 7) is 2.90. The van der Waals surface area contributed by atoms with Crippen LogP contribution in [-0.4, -0.2) is 49.1 Å². The smallest absolute Gasteiger partial charge is 0.269 e. The molecule has 21 heavy (non-hydrogen) atoms. The molecule has 0 saturated heterocycles. The van der Waals surface area contributed by atoms with Gasteiger partial charge in [0, 0.05) is 25.2 Å². The summed E-state index contributed by atoms with van der Waals surface area (Å²) in [7, 11) is 3.90. The Balaban J connectivity index is 2.60. The number of rotatable bonds is 6. The van der Waals surface area contributed by atoms with E-state index >= 15 is 0 Å². The molecule has 1 aromatic carbocycles. The Hall–Kier alpha value is -1.92. The lowest BCUT2D eigenvalue weighted by atomic mass is 9.87. The number of aliphatic hydroxyl groups is 2. The predicted octanol–water partition coefficient (Wildman–Crippen LogP) is 0.582. The van der Waals surface area contributed by atoms with Gasteiger partial charge in [-0.3, -0.25) is 4.79 Å². The number of anilines is 1. The minimum Gasteiger partial charge on any atom is -0.396 e. The van der Waals surface area contributed by atoms with E-state index in [-0.39, 0.29) is 6.61 Å². The molecule has 0 bridgehead atoms. The van der Waals surface area contributed by atoms with Crippen molar-refractivity contribution in [3.8, 4) is 0 Å². The van der Waals surface area contributed by atoms with Gasteiger partial charge in [-0.25, -0.2) is 5.43 Å². The Kier molecular flexibility index (Phi) is 5.87. The molecule has 0 saturated carbocycles. The molecular formula is C15H23N3O3. The zero-order chi connectivity index (χ0) is 16.0. The molecule has 1 unspecified atom stereocenters. The van der Waals surface area contributed by atoms with Crippen molar-refractivity contribution in [2.45, 2.75) is 20.0 Å². The van der Waals surface area contributed by atoms with Crippen molar-refractivity contribution in [3.05, 3.63) is 29.8 Å². The van der Waals surface area contributed by atoms with Crippen molar-refractivity contribution >= 4 is 17.8 Å². The number of carbonyl (C=O) groups is 1. The van der Waals surface area contributed by atoms with Gasteiger partial charge < -0.3 is 15.1 Å². The summed E-state index contributed by atoms with van der Waals surface area (Å²) in [5.74, 6) is -0.643. The second-order valence-electron chi connectivity index (χ2n) is 5.77. The predicted molar refractivity (Wildman–Crippen MR) is 83.4 cm³/mol. The van der Waals surface area contributed by atoms with Crippen molar-refractivity contribution in [3.63, 3.8) is 0 Å². The molecule has 0 radical (unpaired) electrons. The average Bonchev–Trinajstić information content (AvgIpc) is 2.46. The highest BCUT2D eigenvalue weighted by molar-refractivity contribution is 5.85. The molecule has 1 atom stereocenters. The normalized spacial score (nSPS) is 13.2. The van der Waals surface area contributed by atoms with E-state index in [1.54, 1.807) is 13.8 Å². The monoisotopic (exact) mass is 293 g/mol. The molecule has 0 aliphatic heterocycles. The summed E-state index contributed by atoms with van der Waals surface area (Å²) < 4.78 is 0. The number of nitrogens with one attached hydrogen (secondary N) is 1. The molecule has 1 aromatic rings. The molecule has 6 nitrogen and oxygen atoms in total. The van der Waals surface area contributed by atoms with Crippen LogP contribution in [0.3, 0.4) is 0 Å². The highest BCUT2D eigenvalue weighted by Crippen LogP contribution is 2.19. The maximum Gasteiger partial charge on any atom is 0.269 e. The highest BCUT2D eigenvalue weighted by Gasteiger charge is 2.32. The minimum atomic E-state index is -1.32. The van der Waals surface area contributed by atoms with Crippen LogP contribution in [0.15, 0.2) is 29.4 Å². The van der Waals surface area contributed by atoms with Gasteiger partial charge in [-0.15, -0.1) is 0 Å². The Labute approximate surface area is 125 Å². The molecule has 0 spiro atoms. The lowest BCUT2D eigenvalue weighted by molar-refractivity contribution is -0.137. The second kappa shape index (κ2) is 7.19. The van der Waals surface area contributed by atoms with Gasteiger partial charge in [0.1, 0.15) is 6.10 Å². The van der Waals surface area contributed by atoms with E-state index in [0.717, 1.165) is 11.3 Å². The first kappa shape index (κ1) is 17.1. The third-order valence-corrected chi connectivity index (χ3v) is 3.19.